The minimum atomic E-state index is -1.29. The van der Waals surface area contributed by atoms with Gasteiger partial charge in [0, 0.05) is 6.61 Å². The van der Waals surface area contributed by atoms with Crippen molar-refractivity contribution < 1.29 is 4.43 Å². The molecule has 0 N–H and O–H groups in total. The molecule has 0 aromatic heterocycles. The van der Waals surface area contributed by atoms with E-state index >= 15 is 0 Å². The van der Waals surface area contributed by atoms with Gasteiger partial charge in [-0.15, -0.1) is 0 Å². The summed E-state index contributed by atoms with van der Waals surface area (Å²) >= 11 is 4.85. The Labute approximate surface area is 181 Å². The number of benzene rings is 3. The molecule has 3 aromatic rings. The first kappa shape index (κ1) is 21.3. The highest BCUT2D eigenvalue weighted by molar-refractivity contribution is 7.78. The van der Waals surface area contributed by atoms with E-state index in [1.165, 1.54) is 21.5 Å². The molecule has 3 aromatic carbocycles. The van der Waals surface area contributed by atoms with E-state index in [1.807, 2.05) is 24.3 Å². The van der Waals surface area contributed by atoms with Crippen molar-refractivity contribution in [2.75, 3.05) is 6.61 Å². The highest BCUT2D eigenvalue weighted by Crippen LogP contribution is 2.34. The van der Waals surface area contributed by atoms with E-state index in [-0.39, 0.29) is 5.41 Å². The van der Waals surface area contributed by atoms with Crippen molar-refractivity contribution in [1.29, 1.82) is 0 Å². The van der Waals surface area contributed by atoms with E-state index < -0.39 is 9.04 Å². The van der Waals surface area contributed by atoms with E-state index in [1.54, 1.807) is 0 Å². The summed E-state index contributed by atoms with van der Waals surface area (Å²) in [5, 5.41) is 5.05. The summed E-state index contributed by atoms with van der Waals surface area (Å²) in [5.41, 5.74) is 3.34. The van der Waals surface area contributed by atoms with Crippen molar-refractivity contribution >= 4 is 42.5 Å². The Balaban J connectivity index is 1.84. The average Bonchev–Trinajstić information content (AvgIpc) is 2.72. The maximum absolute atomic E-state index is 6.52. The number of isothiocyanates is 1. The van der Waals surface area contributed by atoms with Crippen LogP contribution in [0, 0.1) is 0 Å². The summed E-state index contributed by atoms with van der Waals surface area (Å²) < 4.78 is 6.52. The second-order valence-corrected chi connectivity index (χ2v) is 10.2. The van der Waals surface area contributed by atoms with Crippen LogP contribution in [0.4, 0.5) is 5.69 Å². The van der Waals surface area contributed by atoms with Crippen LogP contribution < -0.4 is 10.4 Å². The summed E-state index contributed by atoms with van der Waals surface area (Å²) in [7, 11) is -1.29. The number of rotatable bonds is 7. The molecule has 2 nitrogen and oxygen atoms in total. The molecule has 0 spiro atoms. The predicted molar refractivity (Wildman–Crippen MR) is 127 cm³/mol. The van der Waals surface area contributed by atoms with Crippen LogP contribution >= 0.6 is 12.2 Å². The molecule has 0 amide bonds. The van der Waals surface area contributed by atoms with Gasteiger partial charge in [-0.2, -0.15) is 4.99 Å². The number of hydrogen-bond acceptors (Lipinski definition) is 3. The Hall–Kier alpha value is -2.36. The predicted octanol–water partition coefficient (Wildman–Crippen LogP) is 5.08. The topological polar surface area (TPSA) is 21.6 Å². The van der Waals surface area contributed by atoms with Gasteiger partial charge in [-0.1, -0.05) is 93.6 Å². The van der Waals surface area contributed by atoms with Crippen LogP contribution in [0.5, 0.6) is 0 Å². The van der Waals surface area contributed by atoms with Crippen LogP contribution in [0.3, 0.4) is 0 Å². The zero-order chi connectivity index (χ0) is 20.7. The number of hydrogen-bond donors (Lipinski definition) is 0. The zero-order valence-electron chi connectivity index (χ0n) is 17.2. The first-order valence-electron chi connectivity index (χ1n) is 9.81. The molecule has 0 bridgehead atoms. The molecular weight excluding hydrogens is 390 g/mol. The van der Waals surface area contributed by atoms with E-state index in [2.05, 4.69) is 85.5 Å². The van der Waals surface area contributed by atoms with E-state index in [4.69, 9.17) is 16.6 Å². The van der Waals surface area contributed by atoms with Crippen LogP contribution in [-0.4, -0.2) is 20.8 Å². The van der Waals surface area contributed by atoms with Crippen molar-refractivity contribution in [1.82, 2.24) is 0 Å². The summed E-state index contributed by atoms with van der Waals surface area (Å²) in [6, 6.07) is 27.3. The van der Waals surface area contributed by atoms with Crippen LogP contribution in [0.1, 0.15) is 31.9 Å². The van der Waals surface area contributed by atoms with Crippen molar-refractivity contribution in [2.45, 2.75) is 32.6 Å². The Morgan fingerprint density at radius 2 is 1.45 bits per heavy atom. The Morgan fingerprint density at radius 1 is 0.862 bits per heavy atom. The van der Waals surface area contributed by atoms with Gasteiger partial charge in [-0.3, -0.25) is 0 Å². The fourth-order valence-electron chi connectivity index (χ4n) is 3.58. The highest BCUT2D eigenvalue weighted by atomic mass is 32.1. The molecule has 0 saturated carbocycles. The second kappa shape index (κ2) is 9.90. The maximum Gasteiger partial charge on any atom is 0.282 e. The van der Waals surface area contributed by atoms with Crippen LogP contribution in [0.15, 0.2) is 83.9 Å². The lowest BCUT2D eigenvalue weighted by atomic mass is 9.82. The van der Waals surface area contributed by atoms with Crippen LogP contribution in [0.2, 0.25) is 0 Å². The van der Waals surface area contributed by atoms with Gasteiger partial charge in [-0.25, -0.2) is 0 Å². The number of nitrogens with zero attached hydrogens (tertiary/aromatic N) is 1. The highest BCUT2D eigenvalue weighted by Gasteiger charge is 2.23. The largest absolute Gasteiger partial charge is 0.407 e. The summed E-state index contributed by atoms with van der Waals surface area (Å²) in [5.74, 6) is 0. The van der Waals surface area contributed by atoms with E-state index in [0.29, 0.717) is 6.61 Å². The Morgan fingerprint density at radius 3 is 1.97 bits per heavy atom. The maximum atomic E-state index is 6.52. The van der Waals surface area contributed by atoms with E-state index in [0.717, 1.165) is 12.1 Å². The minimum Gasteiger partial charge on any atom is -0.407 e. The lowest BCUT2D eigenvalue weighted by Gasteiger charge is -2.25. The van der Waals surface area contributed by atoms with Gasteiger partial charge in [0.2, 0.25) is 0 Å². The number of thiocarbonyl (C=S) groups is 1. The molecule has 0 saturated heterocycles. The van der Waals surface area contributed by atoms with Gasteiger partial charge in [0.05, 0.1) is 10.8 Å². The Bertz CT molecular complexity index is 937. The first-order valence-corrected chi connectivity index (χ1v) is 11.6. The summed E-state index contributed by atoms with van der Waals surface area (Å²) in [4.78, 5) is 4.30. The molecule has 4 heteroatoms. The lowest BCUT2D eigenvalue weighted by Crippen LogP contribution is -2.45. The zero-order valence-corrected chi connectivity index (χ0v) is 19.0. The third kappa shape index (κ3) is 5.59. The van der Waals surface area contributed by atoms with Gasteiger partial charge >= 0.3 is 0 Å². The van der Waals surface area contributed by atoms with Crippen LogP contribution in [0.25, 0.3) is 0 Å². The minimum absolute atomic E-state index is 0.0335. The average molecular weight is 417 g/mol. The molecule has 0 atom stereocenters. The second-order valence-electron chi connectivity index (χ2n) is 7.92. The van der Waals surface area contributed by atoms with E-state index in [9.17, 15) is 0 Å². The van der Waals surface area contributed by atoms with Gasteiger partial charge < -0.3 is 4.43 Å². The summed E-state index contributed by atoms with van der Waals surface area (Å²) in [6.45, 7) is 7.28. The fraction of sp³-hybridized carbons (Fsp3) is 0.240. The van der Waals surface area contributed by atoms with Gasteiger partial charge in [0.15, 0.2) is 0 Å². The fourth-order valence-corrected chi connectivity index (χ4v) is 5.64. The van der Waals surface area contributed by atoms with Gasteiger partial charge in [-0.05, 0) is 51.6 Å². The third-order valence-electron chi connectivity index (χ3n) is 4.73. The van der Waals surface area contributed by atoms with Crippen molar-refractivity contribution in [3.63, 3.8) is 0 Å². The van der Waals surface area contributed by atoms with Gasteiger partial charge in [0.1, 0.15) is 0 Å². The first-order chi connectivity index (χ1) is 14.0. The SMILES string of the molecule is CC(C)(C)c1c(CCO[Si](c2ccccc2)c2ccccc2)cccc1N=C=S. The van der Waals surface area contributed by atoms with Gasteiger partial charge in [0.25, 0.3) is 9.04 Å². The van der Waals surface area contributed by atoms with Crippen molar-refractivity contribution in [3.05, 3.63) is 90.0 Å². The molecule has 0 unspecified atom stereocenters. The Kier molecular flexibility index (Phi) is 7.29. The molecule has 0 aliphatic carbocycles. The molecule has 0 aliphatic rings. The molecular formula is C25H26NOSSi. The number of aliphatic imine (C=N–C) groups is 1. The quantitative estimate of drug-likeness (QED) is 0.304. The monoisotopic (exact) mass is 416 g/mol. The molecule has 147 valence electrons. The van der Waals surface area contributed by atoms with Crippen LogP contribution in [-0.2, 0) is 16.3 Å². The molecule has 0 aliphatic heterocycles. The molecule has 29 heavy (non-hydrogen) atoms. The lowest BCUT2D eigenvalue weighted by molar-refractivity contribution is 0.336. The third-order valence-corrected chi connectivity index (χ3v) is 7.03. The molecule has 3 rings (SSSR count). The standard InChI is InChI=1S/C25H26NOSSi/c1-25(2,3)24-20(11-10-16-23(24)26-19-28)17-18-27-29(21-12-6-4-7-13-21)22-14-8-5-9-15-22/h4-16H,17-18H2,1-3H3. The smallest absolute Gasteiger partial charge is 0.282 e. The van der Waals surface area contributed by atoms with Crippen molar-refractivity contribution in [3.8, 4) is 0 Å². The molecule has 0 heterocycles. The molecule has 0 fully saturated rings. The van der Waals surface area contributed by atoms with Crippen molar-refractivity contribution in [2.24, 2.45) is 4.99 Å². The molecule has 1 radical (unpaired) electrons. The normalized spacial score (nSPS) is 11.3. The summed E-state index contributed by atoms with van der Waals surface area (Å²) in [6.07, 6.45) is 0.835.